The summed E-state index contributed by atoms with van der Waals surface area (Å²) < 4.78 is 1.72. The van der Waals surface area contributed by atoms with Crippen LogP contribution in [0.4, 0.5) is 0 Å². The van der Waals surface area contributed by atoms with E-state index in [1.54, 1.807) is 16.9 Å². The molecular formula is C14H12N4O2. The third kappa shape index (κ3) is 2.23. The Bertz CT molecular complexity index is 752. The van der Waals surface area contributed by atoms with E-state index in [-0.39, 0.29) is 5.56 Å². The maximum atomic E-state index is 11.1. The smallest absolute Gasteiger partial charge is 0.338 e. The monoisotopic (exact) mass is 268 g/mol. The number of benzene rings is 1. The Morgan fingerprint density at radius 1 is 1.25 bits per heavy atom. The lowest BCUT2D eigenvalue weighted by atomic mass is 10.2. The normalized spacial score (nSPS) is 10.8. The van der Waals surface area contributed by atoms with Crippen LogP contribution < -0.4 is 0 Å². The van der Waals surface area contributed by atoms with Gasteiger partial charge in [-0.25, -0.2) is 9.48 Å². The first-order valence-corrected chi connectivity index (χ1v) is 6.20. The number of carboxylic acids is 1. The number of aromatic carboxylic acids is 1. The number of hydrogen-bond donors (Lipinski definition) is 1. The van der Waals surface area contributed by atoms with Crippen LogP contribution in [0, 0.1) is 0 Å². The van der Waals surface area contributed by atoms with Crippen molar-refractivity contribution in [2.75, 3.05) is 0 Å². The summed E-state index contributed by atoms with van der Waals surface area (Å²) in [4.78, 5) is 15.2. The molecule has 3 rings (SSSR count). The first-order chi connectivity index (χ1) is 9.75. The van der Waals surface area contributed by atoms with E-state index in [0.29, 0.717) is 12.1 Å². The molecule has 0 unspecified atom stereocenters. The van der Waals surface area contributed by atoms with Crippen LogP contribution in [-0.4, -0.2) is 31.1 Å². The summed E-state index contributed by atoms with van der Waals surface area (Å²) in [6.07, 6.45) is 4.30. The second kappa shape index (κ2) is 5.08. The summed E-state index contributed by atoms with van der Waals surface area (Å²) in [6, 6.07) is 8.94. The zero-order chi connectivity index (χ0) is 13.9. The van der Waals surface area contributed by atoms with Crippen molar-refractivity contribution in [1.29, 1.82) is 0 Å². The summed E-state index contributed by atoms with van der Waals surface area (Å²) in [5.41, 5.74) is 2.43. The molecule has 100 valence electrons. The second-order valence-corrected chi connectivity index (χ2v) is 4.40. The summed E-state index contributed by atoms with van der Waals surface area (Å²) in [6.45, 7) is 0.630. The first kappa shape index (κ1) is 12.3. The van der Waals surface area contributed by atoms with E-state index in [1.165, 1.54) is 6.07 Å². The summed E-state index contributed by atoms with van der Waals surface area (Å²) in [5.74, 6) is -0.991. The van der Waals surface area contributed by atoms with Crippen molar-refractivity contribution < 1.29 is 9.90 Å². The van der Waals surface area contributed by atoms with Crippen molar-refractivity contribution in [2.45, 2.75) is 13.0 Å². The van der Waals surface area contributed by atoms with Crippen molar-refractivity contribution in [1.82, 2.24) is 20.0 Å². The Labute approximate surface area is 114 Å². The van der Waals surface area contributed by atoms with E-state index in [4.69, 9.17) is 5.11 Å². The van der Waals surface area contributed by atoms with E-state index >= 15 is 0 Å². The fraction of sp³-hybridized carbons (Fsp3) is 0.143. The average Bonchev–Trinajstić information content (AvgIpc) is 2.89. The number of carboxylic acid groups (broad SMARTS) is 1. The van der Waals surface area contributed by atoms with Gasteiger partial charge in [0.2, 0.25) is 0 Å². The van der Waals surface area contributed by atoms with Crippen molar-refractivity contribution in [3.8, 4) is 0 Å². The van der Waals surface area contributed by atoms with Gasteiger partial charge >= 0.3 is 5.97 Å². The van der Waals surface area contributed by atoms with E-state index < -0.39 is 5.97 Å². The van der Waals surface area contributed by atoms with Crippen LogP contribution in [0.15, 0.2) is 42.7 Å². The van der Waals surface area contributed by atoms with Crippen molar-refractivity contribution in [3.05, 3.63) is 53.9 Å². The quantitative estimate of drug-likeness (QED) is 0.779. The number of aryl methyl sites for hydroxylation is 2. The Balaban J connectivity index is 1.90. The minimum Gasteiger partial charge on any atom is -0.478 e. The molecule has 6 nitrogen and oxygen atoms in total. The summed E-state index contributed by atoms with van der Waals surface area (Å²) in [7, 11) is 0. The van der Waals surface area contributed by atoms with Gasteiger partial charge in [0.05, 0.1) is 11.1 Å². The van der Waals surface area contributed by atoms with E-state index in [9.17, 15) is 4.79 Å². The highest BCUT2D eigenvalue weighted by Crippen LogP contribution is 2.16. The minimum absolute atomic E-state index is 0.176. The number of carbonyl (C=O) groups is 1. The molecular weight excluding hydrogens is 256 g/mol. The van der Waals surface area contributed by atoms with Gasteiger partial charge in [0, 0.05) is 18.9 Å². The van der Waals surface area contributed by atoms with Crippen LogP contribution in [0.2, 0.25) is 0 Å². The lowest BCUT2D eigenvalue weighted by Crippen LogP contribution is -2.03. The number of aromatic nitrogens is 4. The van der Waals surface area contributed by atoms with Gasteiger partial charge in [0.25, 0.3) is 0 Å². The third-order valence-electron chi connectivity index (χ3n) is 3.11. The topological polar surface area (TPSA) is 80.9 Å². The number of pyridine rings is 1. The van der Waals surface area contributed by atoms with Gasteiger partial charge in [-0.2, -0.15) is 0 Å². The molecule has 0 aliphatic heterocycles. The molecule has 3 aromatic rings. The first-order valence-electron chi connectivity index (χ1n) is 6.20. The van der Waals surface area contributed by atoms with Crippen molar-refractivity contribution in [3.63, 3.8) is 0 Å². The van der Waals surface area contributed by atoms with Gasteiger partial charge in [0.1, 0.15) is 5.52 Å². The fourth-order valence-electron chi connectivity index (χ4n) is 2.11. The van der Waals surface area contributed by atoms with Gasteiger partial charge in [-0.05, 0) is 30.2 Å². The lowest BCUT2D eigenvalue weighted by molar-refractivity contribution is 0.0699. The largest absolute Gasteiger partial charge is 0.478 e. The van der Waals surface area contributed by atoms with Gasteiger partial charge in [-0.3, -0.25) is 4.98 Å². The molecule has 0 saturated heterocycles. The lowest BCUT2D eigenvalue weighted by Gasteiger charge is -2.02. The van der Waals surface area contributed by atoms with E-state index in [2.05, 4.69) is 15.3 Å². The van der Waals surface area contributed by atoms with Gasteiger partial charge in [-0.15, -0.1) is 5.10 Å². The Kier molecular flexibility index (Phi) is 3.12. The maximum absolute atomic E-state index is 11.1. The Hall–Kier alpha value is -2.76. The summed E-state index contributed by atoms with van der Waals surface area (Å²) >= 11 is 0. The second-order valence-electron chi connectivity index (χ2n) is 4.40. The van der Waals surface area contributed by atoms with Gasteiger partial charge < -0.3 is 5.11 Å². The van der Waals surface area contributed by atoms with E-state index in [1.807, 2.05) is 24.4 Å². The molecule has 0 fully saturated rings. The molecule has 20 heavy (non-hydrogen) atoms. The molecule has 1 aromatic carbocycles. The fourth-order valence-corrected chi connectivity index (χ4v) is 2.11. The van der Waals surface area contributed by atoms with Gasteiger partial charge in [0.15, 0.2) is 0 Å². The van der Waals surface area contributed by atoms with Crippen LogP contribution in [0.1, 0.15) is 15.9 Å². The number of rotatable bonds is 4. The average molecular weight is 268 g/mol. The highest BCUT2D eigenvalue weighted by Gasteiger charge is 2.13. The minimum atomic E-state index is -0.991. The highest BCUT2D eigenvalue weighted by molar-refractivity contribution is 6.00. The SMILES string of the molecule is O=C(O)c1cccc2c1nnn2CCc1cccnc1. The molecule has 2 heterocycles. The number of fused-ring (bicyclic) bond motifs is 1. The molecule has 2 aromatic heterocycles. The molecule has 0 spiro atoms. The van der Waals surface area contributed by atoms with E-state index in [0.717, 1.165) is 17.5 Å². The predicted molar refractivity (Wildman–Crippen MR) is 72.4 cm³/mol. The molecule has 0 radical (unpaired) electrons. The molecule has 1 N–H and O–H groups in total. The Morgan fingerprint density at radius 3 is 2.90 bits per heavy atom. The van der Waals surface area contributed by atoms with Crippen LogP contribution in [0.5, 0.6) is 0 Å². The molecule has 0 saturated carbocycles. The van der Waals surface area contributed by atoms with Crippen molar-refractivity contribution >= 4 is 17.0 Å². The van der Waals surface area contributed by atoms with Crippen LogP contribution >= 0.6 is 0 Å². The highest BCUT2D eigenvalue weighted by atomic mass is 16.4. The van der Waals surface area contributed by atoms with Crippen LogP contribution in [-0.2, 0) is 13.0 Å². The predicted octanol–water partition coefficient (Wildman–Crippen LogP) is 1.77. The zero-order valence-electron chi connectivity index (χ0n) is 10.6. The molecule has 0 amide bonds. The molecule has 0 atom stereocenters. The maximum Gasteiger partial charge on any atom is 0.338 e. The molecule has 0 aliphatic rings. The van der Waals surface area contributed by atoms with Gasteiger partial charge in [-0.1, -0.05) is 17.3 Å². The zero-order valence-corrected chi connectivity index (χ0v) is 10.6. The molecule has 0 bridgehead atoms. The standard InChI is InChI=1S/C14H12N4O2/c19-14(20)11-4-1-5-12-13(11)16-17-18(12)8-6-10-3-2-7-15-9-10/h1-5,7,9H,6,8H2,(H,19,20). The molecule has 6 heteroatoms. The molecule has 0 aliphatic carbocycles. The van der Waals surface area contributed by atoms with Crippen LogP contribution in [0.25, 0.3) is 11.0 Å². The number of nitrogens with zero attached hydrogens (tertiary/aromatic N) is 4. The Morgan fingerprint density at radius 2 is 2.15 bits per heavy atom. The van der Waals surface area contributed by atoms with Crippen LogP contribution in [0.3, 0.4) is 0 Å². The van der Waals surface area contributed by atoms with Crippen molar-refractivity contribution in [2.24, 2.45) is 0 Å². The number of hydrogen-bond acceptors (Lipinski definition) is 4. The summed E-state index contributed by atoms with van der Waals surface area (Å²) in [5, 5.41) is 17.1. The third-order valence-corrected chi connectivity index (χ3v) is 3.11.